The second-order valence-electron chi connectivity index (χ2n) is 32.8. The average molecular weight is 1710 g/mol. The van der Waals surface area contributed by atoms with E-state index in [0.717, 1.165) is 27.7 Å². The van der Waals surface area contributed by atoms with Gasteiger partial charge in [-0.15, -0.1) is 0 Å². The van der Waals surface area contributed by atoms with Crippen LogP contribution in [0.4, 0.5) is 0 Å². The minimum Gasteiger partial charge on any atom is -0.493 e. The van der Waals surface area contributed by atoms with Crippen molar-refractivity contribution in [3.8, 4) is 46.0 Å². The molecule has 16 unspecified atom stereocenters. The Balaban J connectivity index is 0.000000235. The number of nitrogens with zero attached hydrogens (tertiary/aromatic N) is 4. The van der Waals surface area contributed by atoms with Crippen LogP contribution >= 0.6 is 0 Å². The van der Waals surface area contributed by atoms with Crippen molar-refractivity contribution in [1.29, 1.82) is 0 Å². The number of ether oxygens (including phenoxy) is 12. The van der Waals surface area contributed by atoms with Gasteiger partial charge in [-0.1, -0.05) is 110 Å². The first kappa shape index (κ1) is 54.6. The maximum Gasteiger partial charge on any atom is 0.323 e. The molecule has 8 N–H and O–H groups in total. The lowest BCUT2D eigenvalue weighted by Crippen LogP contribution is -2.51. The number of benzene rings is 4. The van der Waals surface area contributed by atoms with Crippen molar-refractivity contribution in [1.82, 2.24) is 19.6 Å². The van der Waals surface area contributed by atoms with E-state index in [1.54, 1.807) is 65.2 Å². The number of hydrogen-bond acceptors (Lipinski definition) is 24. The summed E-state index contributed by atoms with van der Waals surface area (Å²) in [5.41, 5.74) is 27.2. The Morgan fingerprint density at radius 2 is 0.592 bits per heavy atom. The number of carbonyl (C=O) groups is 4. The van der Waals surface area contributed by atoms with E-state index >= 15 is 0 Å². The lowest BCUT2D eigenvalue weighted by atomic mass is 9.79. The fourth-order valence-electron chi connectivity index (χ4n) is 16.1. The summed E-state index contributed by atoms with van der Waals surface area (Å²) in [5.74, 6) is -21.7. The van der Waals surface area contributed by atoms with Crippen molar-refractivity contribution in [3.63, 3.8) is 0 Å². The van der Waals surface area contributed by atoms with Crippen LogP contribution in [0.25, 0.3) is 0 Å². The standard InChI is InChI=1S/4C24H38N2O4/c4*1-14(2)9-17-13-26-8-7-16-10-21(28-5)22(29-6)11-18(16)19(26)12-20(17)30-24(27)23(25)15(3)4/h4*10-11,14-15,17,19-20,23H,7-9,12-13,25H2,1-6H3/t4*17?,19?,20?,23-/m0000/s1/i1D3,5D3,9D2,10D,11D,14D,20D;1D3,9D2,10D,11D,14D,20D;1D3,5D3,9D2,10D,11D,14D;1D3,9D2,10D,11D,14D/t4*14?,17?,19?,20?,23-. The summed E-state index contributed by atoms with van der Waals surface area (Å²) in [7, 11) is 2.09. The van der Waals surface area contributed by atoms with Gasteiger partial charge < -0.3 is 79.8 Å². The zero-order chi connectivity index (χ0) is 123. The number of carbonyl (C=O) groups excluding carboxylic acids is 4. The summed E-state index contributed by atoms with van der Waals surface area (Å²) < 4.78 is 398. The molecule has 4 fully saturated rings. The van der Waals surface area contributed by atoms with Gasteiger partial charge in [-0.2, -0.15) is 0 Å². The summed E-state index contributed by atoms with van der Waals surface area (Å²) in [5, 5.41) is 0. The second kappa shape index (κ2) is 43.9. The van der Waals surface area contributed by atoms with E-state index in [-0.39, 0.29) is 189 Å². The quantitative estimate of drug-likeness (QED) is 0.0303. The monoisotopic (exact) mass is 1710 g/mol. The minimum absolute atomic E-state index is 0.0162. The van der Waals surface area contributed by atoms with Gasteiger partial charge in [0.05, 0.1) is 78.7 Å². The van der Waals surface area contributed by atoms with E-state index in [9.17, 15) is 21.9 Å². The molecule has 4 aromatic rings. The van der Waals surface area contributed by atoms with Gasteiger partial charge >= 0.3 is 23.9 Å². The first-order valence-corrected chi connectivity index (χ1v) is 40.8. The van der Waals surface area contributed by atoms with Crippen LogP contribution in [0.15, 0.2) is 48.3 Å². The third kappa shape index (κ3) is 23.8. The van der Waals surface area contributed by atoms with Gasteiger partial charge in [-0.3, -0.25) is 38.8 Å². The van der Waals surface area contributed by atoms with Crippen LogP contribution in [0.2, 0.25) is 0 Å². The number of esters is 4. The number of methoxy groups -OCH3 is 8. The van der Waals surface area contributed by atoms with Crippen molar-refractivity contribution < 1.29 is 131 Å². The van der Waals surface area contributed by atoms with Crippen LogP contribution in [0, 0.1) is 70.9 Å². The molecule has 672 valence electrons. The molecule has 4 aromatic carbocycles. The van der Waals surface area contributed by atoms with Crippen molar-refractivity contribution in [3.05, 3.63) is 92.8 Å². The lowest BCUT2D eigenvalue weighted by molar-refractivity contribution is -0.161. The molecule has 0 bridgehead atoms. The molecule has 120 heavy (non-hydrogen) atoms. The smallest absolute Gasteiger partial charge is 0.323 e. The average Bonchev–Trinajstić information content (AvgIpc) is 0.774. The fraction of sp³-hybridized carbons (Fsp3) is 0.708. The third-order valence-electron chi connectivity index (χ3n) is 22.9. The van der Waals surface area contributed by atoms with Gasteiger partial charge in [0.2, 0.25) is 0 Å². The molecule has 4 saturated heterocycles. The first-order chi connectivity index (χ1) is 72.6. The van der Waals surface area contributed by atoms with E-state index < -0.39 is 229 Å². The molecule has 0 aliphatic carbocycles. The van der Waals surface area contributed by atoms with Crippen molar-refractivity contribution in [2.24, 2.45) is 93.9 Å². The molecule has 0 spiro atoms. The molecular weight excluding hydrogens is 1520 g/mol. The molecule has 20 atom stereocenters. The number of fused-ring (bicyclic) bond motifs is 12. The molecular formula is C96H152N8O16. The Bertz CT molecular complexity index is 5930. The summed E-state index contributed by atoms with van der Waals surface area (Å²) in [6, 6.07) is -8.14. The first-order valence-electron chi connectivity index (χ1n) is 60.8. The summed E-state index contributed by atoms with van der Waals surface area (Å²) in [6.45, 7) is 5.93. The van der Waals surface area contributed by atoms with Crippen LogP contribution in [0.1, 0.15) is 285 Å². The molecule has 0 radical (unpaired) electrons. The summed E-state index contributed by atoms with van der Waals surface area (Å²) in [4.78, 5) is 59.2. The van der Waals surface area contributed by atoms with Gasteiger partial charge in [-0.05, 0) is 191 Å². The Labute approximate surface area is 774 Å². The second-order valence-corrected chi connectivity index (χ2v) is 32.8. The highest BCUT2D eigenvalue weighted by atomic mass is 16.6. The number of hydrogen-bond donors (Lipinski definition) is 4. The van der Waals surface area contributed by atoms with Crippen LogP contribution in [0.3, 0.4) is 0 Å². The normalized spacial score (nSPS) is 34.0. The highest BCUT2D eigenvalue weighted by Crippen LogP contribution is 2.50. The minimum atomic E-state index is -3.10. The van der Waals surface area contributed by atoms with Crippen LogP contribution in [-0.4, -0.2) is 201 Å². The van der Waals surface area contributed by atoms with E-state index in [1.807, 2.05) is 9.80 Å². The highest BCUT2D eigenvalue weighted by Gasteiger charge is 2.47. The maximum atomic E-state index is 13.1. The van der Waals surface area contributed by atoms with Gasteiger partial charge in [0.1, 0.15) is 48.5 Å². The number of piperidine rings is 4. The molecule has 0 aromatic heterocycles. The zero-order valence-electron chi connectivity index (χ0n) is 112. The van der Waals surface area contributed by atoms with E-state index in [0.29, 0.717) is 59.3 Å². The van der Waals surface area contributed by atoms with Crippen LogP contribution < -0.4 is 60.8 Å². The maximum absolute atomic E-state index is 13.1. The van der Waals surface area contributed by atoms with Gasteiger partial charge in [0.15, 0.2) is 46.0 Å². The lowest BCUT2D eigenvalue weighted by Gasteiger charge is -2.47. The molecule has 8 aliphatic rings. The third-order valence-corrected chi connectivity index (χ3v) is 22.9. The van der Waals surface area contributed by atoms with Crippen molar-refractivity contribution >= 4 is 23.9 Å². The topological polar surface area (TPSA) is 296 Å². The predicted molar refractivity (Wildman–Crippen MR) is 471 cm³/mol. The van der Waals surface area contributed by atoms with Gasteiger partial charge in [0.25, 0.3) is 0 Å². The molecule has 0 amide bonds. The van der Waals surface area contributed by atoms with Crippen LogP contribution in [-0.2, 0) is 63.8 Å². The van der Waals surface area contributed by atoms with E-state index in [2.05, 4.69) is 0 Å². The Hall–Kier alpha value is -7.16. The Morgan fingerprint density at radius 3 is 0.833 bits per heavy atom. The SMILES string of the molecule is [2H]c1c2c(c([2H])c(OC)c1OC([2H])([2H])[2H])C1CC(OC(=O)[C@@H](N)C(C)C)C(C([2H])([2H])C([2H])(C)C([2H])([2H])[2H])CN1CC2.[2H]c1c2c(c([2H])c(OC)c1OC([2H])([2H])[2H])C1CC([2H])(OC(=O)[C@@H](N)C(C)C)C(C([2H])([2H])C([2H])(C)C([2H])([2H])[2H])CN1CC2.[2H]c1c2c(c([2H])c(OC)c1OC)C1CC(OC(=O)[C@@H](N)C(C)C)C(C([2H])([2H])C([2H])(C)C([2H])([2H])[2H])CN1CC2.[2H]c1c2c(c([2H])c(OC)c1OC)C1CC([2H])(OC(=O)[C@@H](N)C(C)C)C(C([2H])([2H])C([2H])(C)C([2H])([2H])[2H])CN1CC2. The van der Waals surface area contributed by atoms with Gasteiger partial charge in [-0.25, -0.2) is 0 Å². The molecule has 24 heteroatoms. The highest BCUT2D eigenvalue weighted by molar-refractivity contribution is 5.77. The number of nitrogens with two attached hydrogens (primary N) is 4. The summed E-state index contributed by atoms with van der Waals surface area (Å²) in [6.07, 6.45) is -17.9. The van der Waals surface area contributed by atoms with Crippen molar-refractivity contribution in [2.75, 3.05) is 109 Å². The molecule has 8 heterocycles. The predicted octanol–water partition coefficient (Wildman–Crippen LogP) is 14.3. The molecule has 8 aliphatic heterocycles. The molecule has 0 saturated carbocycles. The summed E-state index contributed by atoms with van der Waals surface area (Å²) >= 11 is 0. The largest absolute Gasteiger partial charge is 0.493 e. The van der Waals surface area contributed by atoms with Gasteiger partial charge in [0, 0.05) is 159 Å². The Morgan fingerprint density at radius 1 is 0.367 bits per heavy atom. The zero-order valence-corrected chi connectivity index (χ0v) is 72.3. The Kier molecular flexibility index (Phi) is 20.0. The fourth-order valence-corrected chi connectivity index (χ4v) is 16.1. The van der Waals surface area contributed by atoms with Crippen molar-refractivity contribution in [2.45, 2.75) is 260 Å². The molecule has 12 rings (SSSR count). The van der Waals surface area contributed by atoms with E-state index in [4.69, 9.17) is 132 Å². The number of rotatable bonds is 28. The van der Waals surface area contributed by atoms with E-state index in [1.165, 1.54) is 42.7 Å². The molecule has 24 nitrogen and oxygen atoms in total. The van der Waals surface area contributed by atoms with Crippen LogP contribution in [0.5, 0.6) is 46.0 Å².